The first-order valence-electron chi connectivity index (χ1n) is 10.0. The molecular formula is C23H28ClN3O. The van der Waals surface area contributed by atoms with Crippen LogP contribution in [0.1, 0.15) is 49.3 Å². The van der Waals surface area contributed by atoms with Crippen molar-refractivity contribution in [1.29, 1.82) is 0 Å². The van der Waals surface area contributed by atoms with Crippen LogP contribution in [0.15, 0.2) is 48.5 Å². The van der Waals surface area contributed by atoms with E-state index in [-0.39, 0.29) is 5.91 Å². The van der Waals surface area contributed by atoms with E-state index in [0.29, 0.717) is 23.0 Å². The van der Waals surface area contributed by atoms with Gasteiger partial charge >= 0.3 is 0 Å². The third-order valence-corrected chi connectivity index (χ3v) is 5.00. The van der Waals surface area contributed by atoms with Gasteiger partial charge in [-0.2, -0.15) is 0 Å². The van der Waals surface area contributed by atoms with Crippen molar-refractivity contribution in [2.75, 3.05) is 6.54 Å². The number of hydrogen-bond donors (Lipinski definition) is 1. The predicted octanol–water partition coefficient (Wildman–Crippen LogP) is 5.49. The zero-order valence-corrected chi connectivity index (χ0v) is 17.4. The Morgan fingerprint density at radius 3 is 2.57 bits per heavy atom. The summed E-state index contributed by atoms with van der Waals surface area (Å²) in [5.74, 6) is 1.70. The normalized spacial score (nSPS) is 11.3. The lowest BCUT2D eigenvalue weighted by Crippen LogP contribution is -2.24. The molecule has 0 fully saturated rings. The van der Waals surface area contributed by atoms with Gasteiger partial charge in [-0.3, -0.25) is 4.79 Å². The number of hydrogen-bond acceptors (Lipinski definition) is 2. The van der Waals surface area contributed by atoms with Crippen LogP contribution in [0, 0.1) is 5.92 Å². The molecule has 2 aromatic carbocycles. The van der Waals surface area contributed by atoms with E-state index in [4.69, 9.17) is 16.6 Å². The number of halogens is 1. The monoisotopic (exact) mass is 397 g/mol. The second kappa shape index (κ2) is 9.74. The number of carbonyl (C=O) groups excluding carboxylic acids is 1. The highest BCUT2D eigenvalue weighted by atomic mass is 35.5. The lowest BCUT2D eigenvalue weighted by molar-refractivity contribution is 0.0953. The summed E-state index contributed by atoms with van der Waals surface area (Å²) in [6, 6.07) is 15.3. The molecule has 0 unspecified atom stereocenters. The van der Waals surface area contributed by atoms with Crippen LogP contribution in [0.25, 0.3) is 11.0 Å². The summed E-state index contributed by atoms with van der Waals surface area (Å²) in [6.07, 6.45) is 4.06. The molecule has 4 nitrogen and oxygen atoms in total. The van der Waals surface area contributed by atoms with Gasteiger partial charge in [0.05, 0.1) is 11.0 Å². The lowest BCUT2D eigenvalue weighted by Gasteiger charge is -2.12. The number of aromatic nitrogens is 2. The smallest absolute Gasteiger partial charge is 0.251 e. The van der Waals surface area contributed by atoms with E-state index in [1.165, 1.54) is 11.3 Å². The van der Waals surface area contributed by atoms with E-state index in [0.717, 1.165) is 37.7 Å². The van der Waals surface area contributed by atoms with Gasteiger partial charge in [0.15, 0.2) is 0 Å². The van der Waals surface area contributed by atoms with Crippen LogP contribution in [0.4, 0.5) is 0 Å². The van der Waals surface area contributed by atoms with E-state index in [1.807, 2.05) is 6.07 Å². The number of rotatable bonds is 9. The molecule has 148 valence electrons. The van der Waals surface area contributed by atoms with Gasteiger partial charge in [0.1, 0.15) is 5.82 Å². The standard InChI is InChI=1S/C23H28ClN3O/c1-17(2)16-27-21-9-6-5-8-20(21)26-22(27)10-4-3-7-15-25-23(28)18-11-13-19(24)14-12-18/h5-6,8-9,11-14,17H,3-4,7,10,15-16H2,1-2H3,(H,25,28). The van der Waals surface area contributed by atoms with E-state index < -0.39 is 0 Å². The first-order valence-corrected chi connectivity index (χ1v) is 10.4. The molecule has 0 saturated carbocycles. The van der Waals surface area contributed by atoms with E-state index in [1.54, 1.807) is 24.3 Å². The molecular weight excluding hydrogens is 370 g/mol. The summed E-state index contributed by atoms with van der Waals surface area (Å²) < 4.78 is 2.36. The highest BCUT2D eigenvalue weighted by Crippen LogP contribution is 2.19. The minimum Gasteiger partial charge on any atom is -0.352 e. The second-order valence-electron chi connectivity index (χ2n) is 7.59. The SMILES string of the molecule is CC(C)Cn1c(CCCCCNC(=O)c2ccc(Cl)cc2)nc2ccccc21. The molecule has 0 aliphatic rings. The van der Waals surface area contributed by atoms with Gasteiger partial charge in [0.2, 0.25) is 0 Å². The summed E-state index contributed by atoms with van der Waals surface area (Å²) in [7, 11) is 0. The van der Waals surface area contributed by atoms with Crippen LogP contribution in [-0.4, -0.2) is 22.0 Å². The average molecular weight is 398 g/mol. The molecule has 0 bridgehead atoms. The molecule has 5 heteroatoms. The fourth-order valence-corrected chi connectivity index (χ4v) is 3.50. The topological polar surface area (TPSA) is 46.9 Å². The summed E-state index contributed by atoms with van der Waals surface area (Å²) in [5, 5.41) is 3.61. The molecule has 1 N–H and O–H groups in total. The van der Waals surface area contributed by atoms with Crippen LogP contribution >= 0.6 is 11.6 Å². The molecule has 0 radical (unpaired) electrons. The van der Waals surface area contributed by atoms with Crippen LogP contribution in [-0.2, 0) is 13.0 Å². The van der Waals surface area contributed by atoms with Crippen LogP contribution in [0.2, 0.25) is 5.02 Å². The largest absolute Gasteiger partial charge is 0.352 e. The number of imidazole rings is 1. The molecule has 3 aromatic rings. The Kier molecular flexibility index (Phi) is 7.10. The highest BCUT2D eigenvalue weighted by Gasteiger charge is 2.11. The van der Waals surface area contributed by atoms with Gasteiger partial charge in [-0.25, -0.2) is 4.98 Å². The van der Waals surface area contributed by atoms with Crippen molar-refractivity contribution in [3.63, 3.8) is 0 Å². The fraction of sp³-hybridized carbons (Fsp3) is 0.391. The molecule has 0 aliphatic heterocycles. The van der Waals surface area contributed by atoms with Gasteiger partial charge in [-0.1, -0.05) is 44.0 Å². The minimum atomic E-state index is -0.0459. The molecule has 0 aliphatic carbocycles. The molecule has 0 saturated heterocycles. The number of nitrogens with one attached hydrogen (secondary N) is 1. The Balaban J connectivity index is 1.46. The Morgan fingerprint density at radius 1 is 1.07 bits per heavy atom. The van der Waals surface area contributed by atoms with Crippen LogP contribution in [0.3, 0.4) is 0 Å². The van der Waals surface area contributed by atoms with Gasteiger partial charge in [0, 0.05) is 30.1 Å². The summed E-state index contributed by atoms with van der Waals surface area (Å²) in [4.78, 5) is 16.9. The maximum Gasteiger partial charge on any atom is 0.251 e. The van der Waals surface area contributed by atoms with Gasteiger partial charge in [-0.05, 0) is 55.2 Å². The summed E-state index contributed by atoms with van der Waals surface area (Å²) in [6.45, 7) is 6.15. The maximum absolute atomic E-state index is 12.1. The minimum absolute atomic E-state index is 0.0459. The van der Waals surface area contributed by atoms with Crippen molar-refractivity contribution in [2.45, 2.75) is 46.1 Å². The molecule has 28 heavy (non-hydrogen) atoms. The zero-order valence-electron chi connectivity index (χ0n) is 16.6. The third kappa shape index (κ3) is 5.35. The molecule has 1 aromatic heterocycles. The number of benzene rings is 2. The number of nitrogens with zero attached hydrogens (tertiary/aromatic N) is 2. The van der Waals surface area contributed by atoms with E-state index in [9.17, 15) is 4.79 Å². The molecule has 3 rings (SSSR count). The van der Waals surface area contributed by atoms with E-state index >= 15 is 0 Å². The summed E-state index contributed by atoms with van der Waals surface area (Å²) >= 11 is 5.85. The fourth-order valence-electron chi connectivity index (χ4n) is 3.38. The second-order valence-corrected chi connectivity index (χ2v) is 8.03. The number of unbranched alkanes of at least 4 members (excludes halogenated alkanes) is 2. The van der Waals surface area contributed by atoms with Gasteiger partial charge < -0.3 is 9.88 Å². The number of aryl methyl sites for hydroxylation is 1. The summed E-state index contributed by atoms with van der Waals surface area (Å²) in [5.41, 5.74) is 2.95. The highest BCUT2D eigenvalue weighted by molar-refractivity contribution is 6.30. The molecule has 1 heterocycles. The first-order chi connectivity index (χ1) is 13.5. The third-order valence-electron chi connectivity index (χ3n) is 4.75. The van der Waals surface area contributed by atoms with Gasteiger partial charge in [-0.15, -0.1) is 0 Å². The maximum atomic E-state index is 12.1. The molecule has 1 amide bonds. The van der Waals surface area contributed by atoms with Crippen molar-refractivity contribution in [3.8, 4) is 0 Å². The molecule has 0 atom stereocenters. The van der Waals surface area contributed by atoms with Crippen LogP contribution < -0.4 is 5.32 Å². The average Bonchev–Trinajstić information content (AvgIpc) is 3.02. The van der Waals surface area contributed by atoms with E-state index in [2.05, 4.69) is 41.9 Å². The quantitative estimate of drug-likeness (QED) is 0.485. The van der Waals surface area contributed by atoms with Gasteiger partial charge in [0.25, 0.3) is 5.91 Å². The van der Waals surface area contributed by atoms with Crippen LogP contribution in [0.5, 0.6) is 0 Å². The number of amides is 1. The number of carbonyl (C=O) groups is 1. The predicted molar refractivity (Wildman–Crippen MR) is 116 cm³/mol. The van der Waals surface area contributed by atoms with Crippen molar-refractivity contribution in [3.05, 3.63) is 64.9 Å². The zero-order chi connectivity index (χ0) is 19.9. The van der Waals surface area contributed by atoms with Crippen molar-refractivity contribution >= 4 is 28.5 Å². The Hall–Kier alpha value is -2.33. The van der Waals surface area contributed by atoms with Crippen molar-refractivity contribution in [2.24, 2.45) is 5.92 Å². The Morgan fingerprint density at radius 2 is 1.82 bits per heavy atom. The Bertz CT molecular complexity index is 915. The van der Waals surface area contributed by atoms with Crippen molar-refractivity contribution in [1.82, 2.24) is 14.9 Å². The Labute approximate surface area is 171 Å². The number of para-hydroxylation sites is 2. The first kappa shape index (κ1) is 20.4. The number of fused-ring (bicyclic) bond motifs is 1. The molecule has 0 spiro atoms. The van der Waals surface area contributed by atoms with Crippen molar-refractivity contribution < 1.29 is 4.79 Å². The lowest BCUT2D eigenvalue weighted by atomic mass is 10.1.